The molecule has 1 saturated heterocycles. The van der Waals surface area contributed by atoms with E-state index in [1.807, 2.05) is 42.5 Å². The molecule has 1 aliphatic heterocycles. The second kappa shape index (κ2) is 9.48. The summed E-state index contributed by atoms with van der Waals surface area (Å²) in [6.45, 7) is 2.06. The lowest BCUT2D eigenvalue weighted by Crippen LogP contribution is -2.43. The van der Waals surface area contributed by atoms with Crippen LogP contribution in [0.2, 0.25) is 0 Å². The Balaban J connectivity index is 1.31. The van der Waals surface area contributed by atoms with E-state index in [0.717, 1.165) is 42.0 Å². The van der Waals surface area contributed by atoms with Gasteiger partial charge in [-0.1, -0.05) is 42.5 Å². The van der Waals surface area contributed by atoms with Crippen LogP contribution in [0.1, 0.15) is 18.4 Å². The van der Waals surface area contributed by atoms with Crippen molar-refractivity contribution >= 4 is 11.7 Å². The zero-order chi connectivity index (χ0) is 20.8. The van der Waals surface area contributed by atoms with E-state index in [-0.39, 0.29) is 17.6 Å². The van der Waals surface area contributed by atoms with Gasteiger partial charge in [-0.2, -0.15) is 0 Å². The Labute approximate surface area is 176 Å². The lowest BCUT2D eigenvalue weighted by atomic mass is 9.97. The maximum absolute atomic E-state index is 13.0. The Morgan fingerprint density at radius 3 is 2.57 bits per heavy atom. The third-order valence-corrected chi connectivity index (χ3v) is 5.46. The maximum atomic E-state index is 13.0. The van der Waals surface area contributed by atoms with Crippen LogP contribution in [0.3, 0.4) is 0 Å². The molecular weight excluding hydrogens is 379 g/mol. The van der Waals surface area contributed by atoms with Gasteiger partial charge in [0, 0.05) is 25.2 Å². The molecule has 6 heteroatoms. The molecule has 0 aliphatic carbocycles. The highest BCUT2D eigenvalue weighted by Gasteiger charge is 2.26. The molecule has 1 aromatic heterocycles. The molecular formula is C24H25FN4O. The fourth-order valence-electron chi connectivity index (χ4n) is 3.78. The second-order valence-corrected chi connectivity index (χ2v) is 7.60. The van der Waals surface area contributed by atoms with Gasteiger partial charge in [-0.05, 0) is 49.1 Å². The lowest BCUT2D eigenvalue weighted by molar-refractivity contribution is -0.125. The molecule has 1 amide bonds. The summed E-state index contributed by atoms with van der Waals surface area (Å²) >= 11 is 0. The molecule has 0 spiro atoms. The van der Waals surface area contributed by atoms with Crippen molar-refractivity contribution < 1.29 is 9.18 Å². The molecule has 154 valence electrons. The number of benzene rings is 2. The van der Waals surface area contributed by atoms with Gasteiger partial charge in [0.05, 0.1) is 11.6 Å². The van der Waals surface area contributed by atoms with Crippen molar-refractivity contribution in [3.05, 3.63) is 78.1 Å². The van der Waals surface area contributed by atoms with E-state index in [9.17, 15) is 9.18 Å². The number of nitrogens with zero attached hydrogens (tertiary/aromatic N) is 3. The van der Waals surface area contributed by atoms with Crippen LogP contribution in [-0.2, 0) is 11.2 Å². The van der Waals surface area contributed by atoms with Gasteiger partial charge in [0.15, 0.2) is 5.82 Å². The number of halogens is 1. The van der Waals surface area contributed by atoms with Gasteiger partial charge < -0.3 is 10.2 Å². The minimum atomic E-state index is -0.245. The third kappa shape index (κ3) is 5.00. The summed E-state index contributed by atoms with van der Waals surface area (Å²) in [5.74, 6) is 0.557. The smallest absolute Gasteiger partial charge is 0.224 e. The van der Waals surface area contributed by atoms with Crippen molar-refractivity contribution in [2.24, 2.45) is 5.92 Å². The third-order valence-electron chi connectivity index (χ3n) is 5.46. The lowest BCUT2D eigenvalue weighted by Gasteiger charge is -2.32. The van der Waals surface area contributed by atoms with Gasteiger partial charge in [-0.25, -0.2) is 4.39 Å². The predicted octanol–water partition coefficient (Wildman–Crippen LogP) is 3.86. The second-order valence-electron chi connectivity index (χ2n) is 7.60. The first-order chi connectivity index (χ1) is 14.7. The van der Waals surface area contributed by atoms with Gasteiger partial charge in [0.2, 0.25) is 5.91 Å². The molecule has 1 unspecified atom stereocenters. The van der Waals surface area contributed by atoms with E-state index in [0.29, 0.717) is 19.5 Å². The van der Waals surface area contributed by atoms with Crippen LogP contribution in [-0.4, -0.2) is 35.7 Å². The van der Waals surface area contributed by atoms with Crippen LogP contribution in [0, 0.1) is 11.7 Å². The number of anilines is 1. The van der Waals surface area contributed by atoms with Crippen molar-refractivity contribution in [1.29, 1.82) is 0 Å². The fraction of sp³-hybridized carbons (Fsp3) is 0.292. The Kier molecular flexibility index (Phi) is 6.32. The molecule has 0 radical (unpaired) electrons. The zero-order valence-electron chi connectivity index (χ0n) is 16.8. The van der Waals surface area contributed by atoms with E-state index in [1.54, 1.807) is 12.1 Å². The first-order valence-electron chi connectivity index (χ1n) is 10.4. The highest BCUT2D eigenvalue weighted by Crippen LogP contribution is 2.23. The molecule has 1 N–H and O–H groups in total. The van der Waals surface area contributed by atoms with Crippen LogP contribution in [0.5, 0.6) is 0 Å². The van der Waals surface area contributed by atoms with E-state index in [2.05, 4.69) is 20.4 Å². The Hall–Kier alpha value is -3.28. The Morgan fingerprint density at radius 2 is 1.83 bits per heavy atom. The number of piperidine rings is 1. The van der Waals surface area contributed by atoms with Gasteiger partial charge in [-0.15, -0.1) is 10.2 Å². The number of rotatable bonds is 6. The standard InChI is InChI=1S/C24H25FN4O/c25-21-10-8-18(9-11-21)14-15-26-24(30)20-7-4-16-29(17-20)23-13-12-22(27-28-23)19-5-2-1-3-6-19/h1-3,5-6,8-13,20H,4,7,14-17H2,(H,26,30). The van der Waals surface area contributed by atoms with E-state index >= 15 is 0 Å². The van der Waals surface area contributed by atoms with Crippen molar-refractivity contribution in [2.75, 3.05) is 24.5 Å². The molecule has 3 aromatic rings. The summed E-state index contributed by atoms with van der Waals surface area (Å²) in [5.41, 5.74) is 2.88. The largest absolute Gasteiger partial charge is 0.355 e. The fourth-order valence-corrected chi connectivity index (χ4v) is 3.78. The highest BCUT2D eigenvalue weighted by molar-refractivity contribution is 5.79. The van der Waals surface area contributed by atoms with Crippen molar-refractivity contribution in [3.8, 4) is 11.3 Å². The van der Waals surface area contributed by atoms with E-state index in [1.165, 1.54) is 12.1 Å². The number of hydrogen-bond acceptors (Lipinski definition) is 4. The SMILES string of the molecule is O=C(NCCc1ccc(F)cc1)C1CCCN(c2ccc(-c3ccccc3)nn2)C1. The topological polar surface area (TPSA) is 58.1 Å². The number of aromatic nitrogens is 2. The molecule has 4 rings (SSSR count). The van der Waals surface area contributed by atoms with E-state index in [4.69, 9.17) is 0 Å². The van der Waals surface area contributed by atoms with Gasteiger partial charge >= 0.3 is 0 Å². The summed E-state index contributed by atoms with van der Waals surface area (Å²) < 4.78 is 13.0. The predicted molar refractivity (Wildman–Crippen MR) is 116 cm³/mol. The number of amides is 1. The van der Waals surface area contributed by atoms with Crippen molar-refractivity contribution in [3.63, 3.8) is 0 Å². The molecule has 0 bridgehead atoms. The summed E-state index contributed by atoms with van der Waals surface area (Å²) in [5, 5.41) is 11.8. The van der Waals surface area contributed by atoms with Crippen LogP contribution in [0.4, 0.5) is 10.2 Å². The van der Waals surface area contributed by atoms with Gasteiger partial charge in [0.25, 0.3) is 0 Å². The summed E-state index contributed by atoms with van der Waals surface area (Å²) in [6.07, 6.45) is 2.50. The van der Waals surface area contributed by atoms with Crippen LogP contribution >= 0.6 is 0 Å². The first kappa shape index (κ1) is 20.0. The molecule has 2 aromatic carbocycles. The van der Waals surface area contributed by atoms with Crippen molar-refractivity contribution in [1.82, 2.24) is 15.5 Å². The molecule has 1 fully saturated rings. The van der Waals surface area contributed by atoms with Crippen LogP contribution in [0.25, 0.3) is 11.3 Å². The number of hydrogen-bond donors (Lipinski definition) is 1. The Bertz CT molecular complexity index is 961. The Morgan fingerprint density at radius 1 is 1.03 bits per heavy atom. The molecule has 5 nitrogen and oxygen atoms in total. The average Bonchev–Trinajstić information content (AvgIpc) is 2.81. The summed E-state index contributed by atoms with van der Waals surface area (Å²) in [7, 11) is 0. The maximum Gasteiger partial charge on any atom is 0.224 e. The molecule has 1 aliphatic rings. The first-order valence-corrected chi connectivity index (χ1v) is 10.4. The highest BCUT2D eigenvalue weighted by atomic mass is 19.1. The molecule has 0 saturated carbocycles. The zero-order valence-corrected chi connectivity index (χ0v) is 16.8. The quantitative estimate of drug-likeness (QED) is 0.678. The number of carbonyl (C=O) groups excluding carboxylic acids is 1. The molecule has 2 heterocycles. The summed E-state index contributed by atoms with van der Waals surface area (Å²) in [6, 6.07) is 20.3. The van der Waals surface area contributed by atoms with Crippen molar-refractivity contribution in [2.45, 2.75) is 19.3 Å². The average molecular weight is 404 g/mol. The summed E-state index contributed by atoms with van der Waals surface area (Å²) in [4.78, 5) is 14.8. The van der Waals surface area contributed by atoms with Crippen LogP contribution in [0.15, 0.2) is 66.7 Å². The number of carbonyl (C=O) groups is 1. The normalized spacial score (nSPS) is 16.3. The minimum absolute atomic E-state index is 0.0654. The number of nitrogens with one attached hydrogen (secondary N) is 1. The molecule has 1 atom stereocenters. The van der Waals surface area contributed by atoms with Crippen LogP contribution < -0.4 is 10.2 Å². The molecule has 30 heavy (non-hydrogen) atoms. The van der Waals surface area contributed by atoms with Gasteiger partial charge in [0.1, 0.15) is 5.82 Å². The minimum Gasteiger partial charge on any atom is -0.355 e. The van der Waals surface area contributed by atoms with E-state index < -0.39 is 0 Å². The van der Waals surface area contributed by atoms with Gasteiger partial charge in [-0.3, -0.25) is 4.79 Å². The monoisotopic (exact) mass is 404 g/mol.